The molecule has 0 saturated heterocycles. The number of nitrogens with zero attached hydrogens (tertiary/aromatic N) is 3. The van der Waals surface area contributed by atoms with Crippen molar-refractivity contribution in [3.63, 3.8) is 0 Å². The van der Waals surface area contributed by atoms with Crippen molar-refractivity contribution < 1.29 is 14.3 Å². The van der Waals surface area contributed by atoms with Gasteiger partial charge >= 0.3 is 5.97 Å². The maximum atomic E-state index is 12.8. The van der Waals surface area contributed by atoms with Crippen LogP contribution in [-0.2, 0) is 4.74 Å². The third-order valence-electron chi connectivity index (χ3n) is 4.01. The fraction of sp³-hybridized carbons (Fsp3) is 0.278. The topological polar surface area (TPSA) is 75.3 Å². The van der Waals surface area contributed by atoms with E-state index in [1.807, 2.05) is 13.8 Å². The van der Waals surface area contributed by atoms with Gasteiger partial charge in [0.05, 0.1) is 25.5 Å². The monoisotopic (exact) mass is 341 g/mol. The summed E-state index contributed by atoms with van der Waals surface area (Å²) in [5.41, 5.74) is 1.25. The van der Waals surface area contributed by atoms with Crippen LogP contribution in [0.5, 0.6) is 5.75 Å². The summed E-state index contributed by atoms with van der Waals surface area (Å²) in [5, 5.41) is 4.36. The van der Waals surface area contributed by atoms with Gasteiger partial charge in [-0.25, -0.2) is 4.79 Å². The average molecular weight is 341 g/mol. The minimum absolute atomic E-state index is 0.0801. The summed E-state index contributed by atoms with van der Waals surface area (Å²) in [5.74, 6) is 0.153. The molecule has 0 bridgehead atoms. The van der Waals surface area contributed by atoms with E-state index in [1.165, 1.54) is 11.8 Å². The summed E-state index contributed by atoms with van der Waals surface area (Å²) in [6.07, 6.45) is 3.37. The second-order valence-electron chi connectivity index (χ2n) is 5.88. The Kier molecular flexibility index (Phi) is 4.31. The zero-order valence-electron chi connectivity index (χ0n) is 14.5. The van der Waals surface area contributed by atoms with Crippen molar-refractivity contribution in [1.29, 1.82) is 0 Å². The van der Waals surface area contributed by atoms with Gasteiger partial charge in [-0.1, -0.05) is 0 Å². The first kappa shape index (κ1) is 16.8. The molecular weight excluding hydrogens is 322 g/mol. The summed E-state index contributed by atoms with van der Waals surface area (Å²) < 4.78 is 13.1. The van der Waals surface area contributed by atoms with Crippen LogP contribution in [0, 0.1) is 0 Å². The summed E-state index contributed by atoms with van der Waals surface area (Å²) in [6.45, 7) is 3.93. The van der Waals surface area contributed by atoms with Crippen molar-refractivity contribution in [2.24, 2.45) is 0 Å². The SMILES string of the molecule is COC(=O)c1cn(C(C)C)cc2c(=O)n(-c3ccc(OC)cc3)nc1-2. The third-order valence-corrected chi connectivity index (χ3v) is 4.01. The Labute approximate surface area is 144 Å². The Morgan fingerprint density at radius 1 is 1.12 bits per heavy atom. The first-order valence-electron chi connectivity index (χ1n) is 7.83. The van der Waals surface area contributed by atoms with Crippen molar-refractivity contribution >= 4 is 5.97 Å². The smallest absolute Gasteiger partial charge is 0.341 e. The molecule has 1 aromatic rings. The van der Waals surface area contributed by atoms with Gasteiger partial charge < -0.3 is 14.0 Å². The van der Waals surface area contributed by atoms with E-state index in [1.54, 1.807) is 48.3 Å². The molecule has 130 valence electrons. The van der Waals surface area contributed by atoms with Crippen LogP contribution in [0.4, 0.5) is 0 Å². The lowest BCUT2D eigenvalue weighted by Crippen LogP contribution is -2.16. The van der Waals surface area contributed by atoms with Crippen LogP contribution < -0.4 is 10.3 Å². The number of methoxy groups -OCH3 is 2. The third kappa shape index (κ3) is 2.88. The molecule has 7 nitrogen and oxygen atoms in total. The van der Waals surface area contributed by atoms with Gasteiger partial charge in [0.2, 0.25) is 0 Å². The predicted molar refractivity (Wildman–Crippen MR) is 92.7 cm³/mol. The fourth-order valence-electron chi connectivity index (χ4n) is 2.58. The second kappa shape index (κ2) is 6.43. The molecule has 0 aromatic heterocycles. The Hall–Kier alpha value is -3.09. The van der Waals surface area contributed by atoms with Gasteiger partial charge in [0.25, 0.3) is 5.56 Å². The molecule has 7 heteroatoms. The molecule has 0 saturated carbocycles. The molecule has 0 unspecified atom stereocenters. The Bertz CT molecular complexity index is 938. The summed E-state index contributed by atoms with van der Waals surface area (Å²) in [7, 11) is 2.88. The highest BCUT2D eigenvalue weighted by molar-refractivity contribution is 5.96. The van der Waals surface area contributed by atoms with Crippen LogP contribution in [0.2, 0.25) is 0 Å². The van der Waals surface area contributed by atoms with Crippen molar-refractivity contribution in [2.45, 2.75) is 19.9 Å². The van der Waals surface area contributed by atoms with E-state index in [0.717, 1.165) is 0 Å². The van der Waals surface area contributed by atoms with E-state index < -0.39 is 5.97 Å². The van der Waals surface area contributed by atoms with Gasteiger partial charge in [0, 0.05) is 18.4 Å². The largest absolute Gasteiger partial charge is 0.497 e. The number of carbonyl (C=O) groups is 1. The lowest BCUT2D eigenvalue weighted by molar-refractivity contribution is 0.0600. The molecule has 1 aromatic carbocycles. The van der Waals surface area contributed by atoms with E-state index in [9.17, 15) is 9.59 Å². The fourth-order valence-corrected chi connectivity index (χ4v) is 2.58. The highest BCUT2D eigenvalue weighted by Crippen LogP contribution is 2.25. The average Bonchev–Trinajstić information content (AvgIpc) is 2.97. The zero-order valence-corrected chi connectivity index (χ0v) is 14.5. The number of ether oxygens (including phenoxy) is 2. The molecule has 2 aliphatic rings. The molecule has 0 radical (unpaired) electrons. The first-order chi connectivity index (χ1) is 12.0. The van der Waals surface area contributed by atoms with E-state index in [2.05, 4.69) is 5.10 Å². The molecule has 0 amide bonds. The summed E-state index contributed by atoms with van der Waals surface area (Å²) in [4.78, 5) is 25.0. The van der Waals surface area contributed by atoms with Crippen LogP contribution in [0.3, 0.4) is 0 Å². The number of carbonyl (C=O) groups excluding carboxylic acids is 1. The molecule has 0 aliphatic carbocycles. The number of esters is 1. The van der Waals surface area contributed by atoms with E-state index in [-0.39, 0.29) is 17.2 Å². The van der Waals surface area contributed by atoms with Gasteiger partial charge in [0.1, 0.15) is 17.0 Å². The Morgan fingerprint density at radius 3 is 2.36 bits per heavy atom. The maximum Gasteiger partial charge on any atom is 0.341 e. The van der Waals surface area contributed by atoms with Crippen LogP contribution in [0.1, 0.15) is 30.2 Å². The van der Waals surface area contributed by atoms with E-state index >= 15 is 0 Å². The van der Waals surface area contributed by atoms with Crippen LogP contribution in [-0.4, -0.2) is 34.5 Å². The molecule has 2 aliphatic heterocycles. The second-order valence-corrected chi connectivity index (χ2v) is 5.88. The quantitative estimate of drug-likeness (QED) is 0.682. The normalized spacial score (nSPS) is 11.1. The Balaban J connectivity index is 2.25. The van der Waals surface area contributed by atoms with Crippen LogP contribution in [0.15, 0.2) is 41.5 Å². The zero-order chi connectivity index (χ0) is 18.1. The van der Waals surface area contributed by atoms with Crippen molar-refractivity contribution in [2.75, 3.05) is 14.2 Å². The molecule has 0 atom stereocenters. The molecule has 25 heavy (non-hydrogen) atoms. The number of hydrogen-bond acceptors (Lipinski definition) is 5. The van der Waals surface area contributed by atoms with Crippen molar-refractivity contribution in [1.82, 2.24) is 14.3 Å². The number of hydrogen-bond donors (Lipinski definition) is 0. The van der Waals surface area contributed by atoms with Gasteiger partial charge in [0.15, 0.2) is 0 Å². The highest BCUT2D eigenvalue weighted by Gasteiger charge is 2.25. The van der Waals surface area contributed by atoms with Gasteiger partial charge in [-0.15, -0.1) is 0 Å². The maximum absolute atomic E-state index is 12.8. The molecule has 0 N–H and O–H groups in total. The first-order valence-corrected chi connectivity index (χ1v) is 7.83. The molecule has 0 spiro atoms. The number of aromatic nitrogens is 3. The van der Waals surface area contributed by atoms with Crippen LogP contribution in [0.25, 0.3) is 16.9 Å². The molecule has 2 heterocycles. The van der Waals surface area contributed by atoms with Gasteiger partial charge in [-0.3, -0.25) is 4.79 Å². The van der Waals surface area contributed by atoms with Crippen molar-refractivity contribution in [3.8, 4) is 22.7 Å². The predicted octanol–water partition coefficient (Wildman–Crippen LogP) is 2.51. The number of benzene rings is 1. The van der Waals surface area contributed by atoms with Crippen LogP contribution >= 0.6 is 0 Å². The van der Waals surface area contributed by atoms with Gasteiger partial charge in [-0.05, 0) is 38.1 Å². The number of fused-ring (bicyclic) bond motifs is 1. The van der Waals surface area contributed by atoms with Gasteiger partial charge in [-0.2, -0.15) is 9.78 Å². The standard InChI is InChI=1S/C18H19N3O4/c1-11(2)20-9-14-16(15(10-20)18(23)25-4)19-21(17(14)22)12-5-7-13(24-3)8-6-12/h5-11H,1-4H3. The number of rotatable bonds is 4. The summed E-state index contributed by atoms with van der Waals surface area (Å²) in [6, 6.07) is 7.05. The molecular formula is C18H19N3O4. The molecule has 0 fully saturated rings. The highest BCUT2D eigenvalue weighted by atomic mass is 16.5. The summed E-state index contributed by atoms with van der Waals surface area (Å²) >= 11 is 0. The minimum atomic E-state index is -0.528. The minimum Gasteiger partial charge on any atom is -0.497 e. The lowest BCUT2D eigenvalue weighted by atomic mass is 10.1. The number of pyridine rings is 1. The Morgan fingerprint density at radius 2 is 1.80 bits per heavy atom. The van der Waals surface area contributed by atoms with E-state index in [4.69, 9.17) is 9.47 Å². The van der Waals surface area contributed by atoms with E-state index in [0.29, 0.717) is 22.7 Å². The lowest BCUT2D eigenvalue weighted by Gasteiger charge is -2.14. The molecule has 3 rings (SSSR count). The van der Waals surface area contributed by atoms with Crippen molar-refractivity contribution in [3.05, 3.63) is 52.6 Å².